The SMILES string of the molecule is NC(=S)c1ccccc1NC1CCN2CCCC12. The zero-order chi connectivity index (χ0) is 12.5. The van der Waals surface area contributed by atoms with Gasteiger partial charge in [0.1, 0.15) is 4.99 Å². The summed E-state index contributed by atoms with van der Waals surface area (Å²) in [5.41, 5.74) is 7.83. The minimum atomic E-state index is 0.472. The first-order chi connectivity index (χ1) is 8.75. The van der Waals surface area contributed by atoms with Crippen molar-refractivity contribution in [3.63, 3.8) is 0 Å². The Morgan fingerprint density at radius 2 is 2.11 bits per heavy atom. The second-order valence-electron chi connectivity index (χ2n) is 5.19. The largest absolute Gasteiger partial charge is 0.389 e. The number of fused-ring (bicyclic) bond motifs is 1. The van der Waals surface area contributed by atoms with E-state index in [1.165, 1.54) is 32.4 Å². The molecule has 2 saturated heterocycles. The fourth-order valence-corrected chi connectivity index (χ4v) is 3.45. The molecule has 0 amide bonds. The third-order valence-corrected chi connectivity index (χ3v) is 4.36. The first-order valence-electron chi connectivity index (χ1n) is 6.65. The third kappa shape index (κ3) is 2.10. The summed E-state index contributed by atoms with van der Waals surface area (Å²) in [5.74, 6) is 0. The van der Waals surface area contributed by atoms with Gasteiger partial charge in [0.2, 0.25) is 0 Å². The molecule has 1 aromatic carbocycles. The fraction of sp³-hybridized carbons (Fsp3) is 0.500. The molecule has 18 heavy (non-hydrogen) atoms. The van der Waals surface area contributed by atoms with E-state index in [9.17, 15) is 0 Å². The van der Waals surface area contributed by atoms with Crippen LogP contribution in [0.3, 0.4) is 0 Å². The van der Waals surface area contributed by atoms with E-state index in [0.29, 0.717) is 17.1 Å². The number of thiocarbonyl (C=S) groups is 1. The van der Waals surface area contributed by atoms with Crippen LogP contribution in [0.2, 0.25) is 0 Å². The highest BCUT2D eigenvalue weighted by Gasteiger charge is 2.37. The first-order valence-corrected chi connectivity index (χ1v) is 7.06. The number of para-hydroxylation sites is 1. The van der Waals surface area contributed by atoms with Crippen LogP contribution in [-0.2, 0) is 0 Å². The van der Waals surface area contributed by atoms with Crippen molar-refractivity contribution in [2.45, 2.75) is 31.3 Å². The molecule has 4 heteroatoms. The Morgan fingerprint density at radius 3 is 2.94 bits per heavy atom. The highest BCUT2D eigenvalue weighted by Crippen LogP contribution is 2.30. The highest BCUT2D eigenvalue weighted by atomic mass is 32.1. The topological polar surface area (TPSA) is 41.3 Å². The Labute approximate surface area is 113 Å². The molecule has 0 radical (unpaired) electrons. The molecule has 0 aliphatic carbocycles. The maximum absolute atomic E-state index is 5.78. The molecule has 2 aliphatic rings. The normalized spacial score (nSPS) is 27.1. The molecule has 0 aromatic heterocycles. The van der Waals surface area contributed by atoms with Crippen LogP contribution in [0.1, 0.15) is 24.8 Å². The van der Waals surface area contributed by atoms with Crippen LogP contribution < -0.4 is 11.1 Å². The van der Waals surface area contributed by atoms with E-state index in [0.717, 1.165) is 11.3 Å². The Bertz CT molecular complexity index is 460. The fourth-order valence-electron chi connectivity index (χ4n) is 3.27. The van der Waals surface area contributed by atoms with Gasteiger partial charge in [-0.05, 0) is 37.9 Å². The summed E-state index contributed by atoms with van der Waals surface area (Å²) in [4.78, 5) is 3.07. The minimum absolute atomic E-state index is 0.472. The van der Waals surface area contributed by atoms with Crippen molar-refractivity contribution >= 4 is 22.9 Å². The standard InChI is InChI=1S/C14H19N3S/c15-14(18)10-4-1-2-5-11(10)16-12-7-9-17-8-3-6-13(12)17/h1-2,4-5,12-13,16H,3,6-9H2,(H2,15,18). The number of anilines is 1. The maximum atomic E-state index is 5.78. The summed E-state index contributed by atoms with van der Waals surface area (Å²) < 4.78 is 0. The van der Waals surface area contributed by atoms with Crippen LogP contribution in [0.25, 0.3) is 0 Å². The number of nitrogens with zero attached hydrogens (tertiary/aromatic N) is 1. The second kappa shape index (κ2) is 4.86. The van der Waals surface area contributed by atoms with Crippen molar-refractivity contribution in [3.8, 4) is 0 Å². The molecule has 3 nitrogen and oxygen atoms in total. The summed E-state index contributed by atoms with van der Waals surface area (Å²) in [6, 6.07) is 9.33. The van der Waals surface area contributed by atoms with Gasteiger partial charge in [-0.25, -0.2) is 0 Å². The number of rotatable bonds is 3. The van der Waals surface area contributed by atoms with E-state index in [1.807, 2.05) is 18.2 Å². The molecule has 1 aromatic rings. The van der Waals surface area contributed by atoms with Crippen molar-refractivity contribution in [3.05, 3.63) is 29.8 Å². The lowest BCUT2D eigenvalue weighted by atomic mass is 10.1. The summed E-state index contributed by atoms with van der Waals surface area (Å²) in [5, 5.41) is 3.65. The van der Waals surface area contributed by atoms with Crippen molar-refractivity contribution in [2.24, 2.45) is 5.73 Å². The molecule has 2 atom stereocenters. The van der Waals surface area contributed by atoms with Gasteiger partial charge in [-0.15, -0.1) is 0 Å². The van der Waals surface area contributed by atoms with Crippen LogP contribution >= 0.6 is 12.2 Å². The van der Waals surface area contributed by atoms with Crippen molar-refractivity contribution in [1.82, 2.24) is 4.90 Å². The van der Waals surface area contributed by atoms with E-state index < -0.39 is 0 Å². The molecule has 3 rings (SSSR count). The summed E-state index contributed by atoms with van der Waals surface area (Å²) in [6.45, 7) is 2.48. The second-order valence-corrected chi connectivity index (χ2v) is 5.63. The summed E-state index contributed by atoms with van der Waals surface area (Å²) >= 11 is 5.11. The molecule has 0 saturated carbocycles. The van der Waals surface area contributed by atoms with Crippen molar-refractivity contribution in [2.75, 3.05) is 18.4 Å². The highest BCUT2D eigenvalue weighted by molar-refractivity contribution is 7.80. The van der Waals surface area contributed by atoms with E-state index in [2.05, 4.69) is 16.3 Å². The van der Waals surface area contributed by atoms with E-state index >= 15 is 0 Å². The van der Waals surface area contributed by atoms with Crippen LogP contribution in [-0.4, -0.2) is 35.1 Å². The van der Waals surface area contributed by atoms with Gasteiger partial charge in [-0.2, -0.15) is 0 Å². The molecular weight excluding hydrogens is 242 g/mol. The third-order valence-electron chi connectivity index (χ3n) is 4.14. The average molecular weight is 261 g/mol. The average Bonchev–Trinajstić information content (AvgIpc) is 2.94. The van der Waals surface area contributed by atoms with Crippen LogP contribution in [0, 0.1) is 0 Å². The van der Waals surface area contributed by atoms with Gasteiger partial charge in [-0.1, -0.05) is 24.4 Å². The van der Waals surface area contributed by atoms with Gasteiger partial charge in [0.25, 0.3) is 0 Å². The van der Waals surface area contributed by atoms with Crippen LogP contribution in [0.5, 0.6) is 0 Å². The summed E-state index contributed by atoms with van der Waals surface area (Å²) in [6.07, 6.45) is 3.86. The van der Waals surface area contributed by atoms with Crippen LogP contribution in [0.4, 0.5) is 5.69 Å². The lowest BCUT2D eigenvalue weighted by Gasteiger charge is -2.23. The maximum Gasteiger partial charge on any atom is 0.106 e. The minimum Gasteiger partial charge on any atom is -0.389 e. The van der Waals surface area contributed by atoms with Crippen molar-refractivity contribution < 1.29 is 0 Å². The van der Waals surface area contributed by atoms with Gasteiger partial charge < -0.3 is 11.1 Å². The van der Waals surface area contributed by atoms with Gasteiger partial charge in [0.15, 0.2) is 0 Å². The lowest BCUT2D eigenvalue weighted by molar-refractivity contribution is 0.318. The van der Waals surface area contributed by atoms with E-state index in [1.54, 1.807) is 0 Å². The quantitative estimate of drug-likeness (QED) is 0.816. The van der Waals surface area contributed by atoms with E-state index in [4.69, 9.17) is 18.0 Å². The smallest absolute Gasteiger partial charge is 0.106 e. The Kier molecular flexibility index (Phi) is 3.22. The Morgan fingerprint density at radius 1 is 1.28 bits per heavy atom. The van der Waals surface area contributed by atoms with Crippen molar-refractivity contribution in [1.29, 1.82) is 0 Å². The molecule has 2 unspecified atom stereocenters. The molecule has 0 bridgehead atoms. The predicted molar refractivity (Wildman–Crippen MR) is 79.0 cm³/mol. The number of nitrogens with two attached hydrogens (primary N) is 1. The van der Waals surface area contributed by atoms with Gasteiger partial charge in [0.05, 0.1) is 0 Å². The first kappa shape index (κ1) is 11.9. The van der Waals surface area contributed by atoms with Gasteiger partial charge >= 0.3 is 0 Å². The van der Waals surface area contributed by atoms with Crippen LogP contribution in [0.15, 0.2) is 24.3 Å². The number of benzene rings is 1. The molecule has 3 N–H and O–H groups in total. The molecule has 2 heterocycles. The number of hydrogen-bond acceptors (Lipinski definition) is 3. The summed E-state index contributed by atoms with van der Waals surface area (Å²) in [7, 11) is 0. The molecule has 2 fully saturated rings. The monoisotopic (exact) mass is 261 g/mol. The molecule has 0 spiro atoms. The number of hydrogen-bond donors (Lipinski definition) is 2. The Hall–Kier alpha value is -1.13. The zero-order valence-electron chi connectivity index (χ0n) is 10.4. The van der Waals surface area contributed by atoms with Gasteiger partial charge in [0, 0.05) is 29.9 Å². The van der Waals surface area contributed by atoms with E-state index in [-0.39, 0.29) is 0 Å². The predicted octanol–water partition coefficient (Wildman–Crippen LogP) is 1.97. The van der Waals surface area contributed by atoms with Gasteiger partial charge in [-0.3, -0.25) is 4.90 Å². The molecule has 2 aliphatic heterocycles. The molecule has 96 valence electrons. The molecular formula is C14H19N3S. The zero-order valence-corrected chi connectivity index (χ0v) is 11.2. The lowest BCUT2D eigenvalue weighted by Crippen LogP contribution is -2.34. The number of nitrogens with one attached hydrogen (secondary N) is 1. The Balaban J connectivity index is 1.78.